The molecule has 0 aliphatic heterocycles. The summed E-state index contributed by atoms with van der Waals surface area (Å²) >= 11 is 1.37. The van der Waals surface area contributed by atoms with Crippen LogP contribution in [-0.4, -0.2) is 17.5 Å². The maximum atomic E-state index is 12.1. The van der Waals surface area contributed by atoms with E-state index in [1.54, 1.807) is 12.1 Å². The van der Waals surface area contributed by atoms with Crippen molar-refractivity contribution in [1.29, 1.82) is 0 Å². The minimum atomic E-state index is -0.334. The van der Waals surface area contributed by atoms with E-state index in [1.807, 2.05) is 43.5 Å². The third-order valence-corrected chi connectivity index (χ3v) is 4.10. The van der Waals surface area contributed by atoms with E-state index in [1.165, 1.54) is 11.3 Å². The molecule has 3 rings (SSSR count). The molecule has 130 valence electrons. The molecule has 2 heterocycles. The number of ether oxygens (including phenoxy) is 2. The summed E-state index contributed by atoms with van der Waals surface area (Å²) < 4.78 is 16.6. The highest BCUT2D eigenvalue weighted by Crippen LogP contribution is 2.21. The predicted molar refractivity (Wildman–Crippen MR) is 95.5 cm³/mol. The summed E-state index contributed by atoms with van der Waals surface area (Å²) in [5.74, 6) is 1.86. The van der Waals surface area contributed by atoms with Crippen molar-refractivity contribution in [3.05, 3.63) is 59.0 Å². The Hall–Kier alpha value is -2.80. The molecule has 0 aliphatic carbocycles. The summed E-state index contributed by atoms with van der Waals surface area (Å²) in [4.78, 5) is 16.3. The first kappa shape index (κ1) is 17.0. The van der Waals surface area contributed by atoms with E-state index in [0.717, 1.165) is 11.4 Å². The fraction of sp³-hybridized carbons (Fsp3) is 0.222. The SMILES string of the molecule is CCOc1cccc(OCc2ccc(C(=O)Nc3nc(C)cs3)o2)c1. The highest BCUT2D eigenvalue weighted by molar-refractivity contribution is 7.13. The lowest BCUT2D eigenvalue weighted by Gasteiger charge is -2.07. The van der Waals surface area contributed by atoms with Crippen LogP contribution in [0.2, 0.25) is 0 Å². The fourth-order valence-corrected chi connectivity index (χ4v) is 2.81. The molecule has 6 nitrogen and oxygen atoms in total. The van der Waals surface area contributed by atoms with E-state index in [9.17, 15) is 4.79 Å². The Bertz CT molecular complexity index is 856. The van der Waals surface area contributed by atoms with Gasteiger partial charge in [-0.15, -0.1) is 11.3 Å². The van der Waals surface area contributed by atoms with Gasteiger partial charge < -0.3 is 13.9 Å². The number of benzene rings is 1. The average molecular weight is 358 g/mol. The van der Waals surface area contributed by atoms with Crippen LogP contribution in [0.25, 0.3) is 0 Å². The second kappa shape index (κ2) is 7.85. The molecule has 1 amide bonds. The zero-order chi connectivity index (χ0) is 17.6. The van der Waals surface area contributed by atoms with Crippen LogP contribution in [-0.2, 0) is 6.61 Å². The molecule has 0 aliphatic rings. The van der Waals surface area contributed by atoms with E-state index in [4.69, 9.17) is 13.9 Å². The van der Waals surface area contributed by atoms with Gasteiger partial charge in [-0.2, -0.15) is 0 Å². The number of aryl methyl sites for hydroxylation is 1. The summed E-state index contributed by atoms with van der Waals surface area (Å²) in [6.45, 7) is 4.61. The van der Waals surface area contributed by atoms with Gasteiger partial charge in [-0.3, -0.25) is 10.1 Å². The van der Waals surface area contributed by atoms with Crippen molar-refractivity contribution in [3.63, 3.8) is 0 Å². The van der Waals surface area contributed by atoms with Crippen LogP contribution in [0.1, 0.15) is 28.9 Å². The molecule has 0 bridgehead atoms. The molecule has 1 aromatic carbocycles. The van der Waals surface area contributed by atoms with Crippen LogP contribution in [0.5, 0.6) is 11.5 Å². The Balaban J connectivity index is 1.58. The summed E-state index contributed by atoms with van der Waals surface area (Å²) in [5.41, 5.74) is 0.864. The van der Waals surface area contributed by atoms with Crippen molar-refractivity contribution < 1.29 is 18.7 Å². The lowest BCUT2D eigenvalue weighted by molar-refractivity contribution is 0.0992. The zero-order valence-corrected chi connectivity index (χ0v) is 14.8. The maximum absolute atomic E-state index is 12.1. The first-order chi connectivity index (χ1) is 12.1. The second-order valence-electron chi connectivity index (χ2n) is 5.21. The van der Waals surface area contributed by atoms with Gasteiger partial charge in [0.2, 0.25) is 0 Å². The van der Waals surface area contributed by atoms with Gasteiger partial charge in [0, 0.05) is 11.4 Å². The summed E-state index contributed by atoms with van der Waals surface area (Å²) in [6.07, 6.45) is 0. The van der Waals surface area contributed by atoms with Crippen LogP contribution in [0.4, 0.5) is 5.13 Å². The van der Waals surface area contributed by atoms with Crippen molar-refractivity contribution in [1.82, 2.24) is 4.98 Å². The van der Waals surface area contributed by atoms with Gasteiger partial charge in [-0.05, 0) is 38.1 Å². The molecular formula is C18H18N2O4S. The highest BCUT2D eigenvalue weighted by Gasteiger charge is 2.13. The Labute approximate surface area is 149 Å². The fourth-order valence-electron chi connectivity index (χ4n) is 2.12. The van der Waals surface area contributed by atoms with Gasteiger partial charge >= 0.3 is 0 Å². The van der Waals surface area contributed by atoms with Crippen molar-refractivity contribution in [2.24, 2.45) is 0 Å². The largest absolute Gasteiger partial charge is 0.494 e. The van der Waals surface area contributed by atoms with E-state index >= 15 is 0 Å². The first-order valence-electron chi connectivity index (χ1n) is 7.82. The summed E-state index contributed by atoms with van der Waals surface area (Å²) in [6, 6.07) is 10.7. The number of carbonyl (C=O) groups excluding carboxylic acids is 1. The molecule has 25 heavy (non-hydrogen) atoms. The van der Waals surface area contributed by atoms with E-state index in [2.05, 4.69) is 10.3 Å². The number of carbonyl (C=O) groups is 1. The predicted octanol–water partition coefficient (Wildman–Crippen LogP) is 4.27. The Morgan fingerprint density at radius 2 is 2.04 bits per heavy atom. The van der Waals surface area contributed by atoms with Crippen molar-refractivity contribution in [3.8, 4) is 11.5 Å². The molecular weight excluding hydrogens is 340 g/mol. The topological polar surface area (TPSA) is 73.6 Å². The molecule has 3 aromatic rings. The second-order valence-corrected chi connectivity index (χ2v) is 6.07. The molecule has 0 fully saturated rings. The van der Waals surface area contributed by atoms with E-state index in [-0.39, 0.29) is 18.3 Å². The van der Waals surface area contributed by atoms with Gasteiger partial charge in [-0.25, -0.2) is 4.98 Å². The lowest BCUT2D eigenvalue weighted by atomic mass is 10.3. The average Bonchev–Trinajstić information content (AvgIpc) is 3.23. The number of nitrogens with zero attached hydrogens (tertiary/aromatic N) is 1. The number of anilines is 1. The zero-order valence-electron chi connectivity index (χ0n) is 13.9. The molecule has 7 heteroatoms. The molecule has 0 saturated carbocycles. The Morgan fingerprint density at radius 3 is 2.76 bits per heavy atom. The first-order valence-corrected chi connectivity index (χ1v) is 8.70. The Kier molecular flexibility index (Phi) is 5.35. The number of amides is 1. The number of nitrogens with one attached hydrogen (secondary N) is 1. The number of rotatable bonds is 7. The molecule has 0 saturated heterocycles. The van der Waals surface area contributed by atoms with E-state index < -0.39 is 0 Å². The smallest absolute Gasteiger partial charge is 0.293 e. The summed E-state index contributed by atoms with van der Waals surface area (Å²) in [7, 11) is 0. The molecule has 0 atom stereocenters. The normalized spacial score (nSPS) is 10.5. The number of hydrogen-bond acceptors (Lipinski definition) is 6. The van der Waals surface area contributed by atoms with Crippen LogP contribution in [0, 0.1) is 6.92 Å². The minimum absolute atomic E-state index is 0.217. The highest BCUT2D eigenvalue weighted by atomic mass is 32.1. The standard InChI is InChI=1S/C18H18N2O4S/c1-3-22-13-5-4-6-14(9-13)23-10-15-7-8-16(24-15)17(21)20-18-19-12(2)11-25-18/h4-9,11H,3,10H2,1-2H3,(H,19,20,21). The van der Waals surface area contributed by atoms with Crippen molar-refractivity contribution in [2.75, 3.05) is 11.9 Å². The third kappa shape index (κ3) is 4.60. The summed E-state index contributed by atoms with van der Waals surface area (Å²) in [5, 5.41) is 5.12. The van der Waals surface area contributed by atoms with Crippen LogP contribution < -0.4 is 14.8 Å². The van der Waals surface area contributed by atoms with Crippen LogP contribution in [0.15, 0.2) is 46.2 Å². The van der Waals surface area contributed by atoms with Crippen molar-refractivity contribution >= 4 is 22.4 Å². The number of aromatic nitrogens is 1. The lowest BCUT2D eigenvalue weighted by Crippen LogP contribution is -2.10. The number of furan rings is 1. The van der Waals surface area contributed by atoms with Crippen LogP contribution in [0.3, 0.4) is 0 Å². The molecule has 0 unspecified atom stereocenters. The van der Waals surface area contributed by atoms with Gasteiger partial charge in [0.05, 0.1) is 12.3 Å². The molecule has 2 aromatic heterocycles. The van der Waals surface area contributed by atoms with Gasteiger partial charge in [0.1, 0.15) is 23.9 Å². The minimum Gasteiger partial charge on any atom is -0.494 e. The Morgan fingerprint density at radius 1 is 1.24 bits per heavy atom. The molecule has 1 N–H and O–H groups in total. The van der Waals surface area contributed by atoms with E-state index in [0.29, 0.717) is 23.2 Å². The van der Waals surface area contributed by atoms with Crippen molar-refractivity contribution in [2.45, 2.75) is 20.5 Å². The molecule has 0 radical (unpaired) electrons. The molecule has 0 spiro atoms. The number of thiazole rings is 1. The van der Waals surface area contributed by atoms with Crippen LogP contribution >= 0.6 is 11.3 Å². The number of hydrogen-bond donors (Lipinski definition) is 1. The van der Waals surface area contributed by atoms with Gasteiger partial charge in [0.15, 0.2) is 10.9 Å². The quantitative estimate of drug-likeness (QED) is 0.682. The van der Waals surface area contributed by atoms with Gasteiger partial charge in [0.25, 0.3) is 5.91 Å². The maximum Gasteiger partial charge on any atom is 0.293 e. The van der Waals surface area contributed by atoms with Gasteiger partial charge in [-0.1, -0.05) is 6.07 Å². The monoisotopic (exact) mass is 358 g/mol. The third-order valence-electron chi connectivity index (χ3n) is 3.22.